The van der Waals surface area contributed by atoms with E-state index < -0.39 is 10.0 Å². The van der Waals surface area contributed by atoms with E-state index in [0.717, 1.165) is 20.3 Å². The summed E-state index contributed by atoms with van der Waals surface area (Å²) in [7, 11) is -3.62. The molecule has 2 rings (SSSR count). The lowest BCUT2D eigenvalue weighted by molar-refractivity contribution is 0.600. The molecule has 0 spiro atoms. The molecule has 2 aromatic rings. The van der Waals surface area contributed by atoms with Crippen LogP contribution >= 0.6 is 22.6 Å². The lowest BCUT2D eigenvalue weighted by Crippen LogP contribution is -2.15. The average Bonchev–Trinajstić information content (AvgIpc) is 2.43. The third-order valence-corrected chi connectivity index (χ3v) is 5.53. The maximum Gasteiger partial charge on any atom is 0.262 e. The first-order chi connectivity index (χ1) is 9.83. The number of aryl methyl sites for hydroxylation is 1. The minimum atomic E-state index is -3.62. The smallest absolute Gasteiger partial charge is 0.262 e. The third kappa shape index (κ3) is 3.75. The van der Waals surface area contributed by atoms with Crippen LogP contribution in [0.15, 0.2) is 41.3 Å². The topological polar surface area (TPSA) is 72.2 Å². The first kappa shape index (κ1) is 16.3. The number of nitrogens with two attached hydrogens (primary N) is 1. The molecule has 0 aliphatic carbocycles. The van der Waals surface area contributed by atoms with E-state index in [4.69, 9.17) is 5.73 Å². The molecule has 2 aromatic carbocycles. The predicted molar refractivity (Wildman–Crippen MR) is 93.8 cm³/mol. The molecule has 0 aromatic heterocycles. The third-order valence-electron chi connectivity index (χ3n) is 3.30. The summed E-state index contributed by atoms with van der Waals surface area (Å²) in [6.07, 6.45) is 0. The van der Waals surface area contributed by atoms with Crippen molar-refractivity contribution in [3.05, 3.63) is 56.7 Å². The van der Waals surface area contributed by atoms with E-state index in [1.807, 2.05) is 25.1 Å². The summed E-state index contributed by atoms with van der Waals surface area (Å²) in [4.78, 5) is 0.279. The molecule has 0 amide bonds. The Kier molecular flexibility index (Phi) is 4.90. The second-order valence-electron chi connectivity index (χ2n) is 4.85. The molecule has 0 aliphatic rings. The first-order valence-electron chi connectivity index (χ1n) is 6.42. The van der Waals surface area contributed by atoms with Gasteiger partial charge in [0, 0.05) is 15.8 Å². The average molecular weight is 416 g/mol. The summed E-state index contributed by atoms with van der Waals surface area (Å²) in [5, 5.41) is 0. The first-order valence-corrected chi connectivity index (χ1v) is 8.98. The van der Waals surface area contributed by atoms with E-state index in [9.17, 15) is 8.42 Å². The van der Waals surface area contributed by atoms with E-state index in [-0.39, 0.29) is 4.90 Å². The quantitative estimate of drug-likeness (QED) is 0.753. The Morgan fingerprint density at radius 2 is 1.76 bits per heavy atom. The van der Waals surface area contributed by atoms with Gasteiger partial charge in [-0.05, 0) is 83.5 Å². The van der Waals surface area contributed by atoms with Crippen LogP contribution in [0.3, 0.4) is 0 Å². The number of hydrogen-bond acceptors (Lipinski definition) is 3. The fraction of sp³-hybridized carbons (Fsp3) is 0.200. The van der Waals surface area contributed by atoms with Crippen LogP contribution < -0.4 is 10.5 Å². The standard InChI is InChI=1S/C15H17IN2O2S/c1-10-7-12(9-17)8-15(11(10)2)21(19,20)18-14-5-3-13(16)4-6-14/h3-8,18H,9,17H2,1-2H3. The number of anilines is 1. The van der Waals surface area contributed by atoms with Gasteiger partial charge >= 0.3 is 0 Å². The number of rotatable bonds is 4. The van der Waals surface area contributed by atoms with E-state index in [1.54, 1.807) is 25.1 Å². The fourth-order valence-corrected chi connectivity index (χ4v) is 3.81. The van der Waals surface area contributed by atoms with Crippen molar-refractivity contribution < 1.29 is 8.42 Å². The number of hydrogen-bond donors (Lipinski definition) is 2. The van der Waals surface area contributed by atoms with Crippen LogP contribution in [-0.2, 0) is 16.6 Å². The Balaban J connectivity index is 2.44. The van der Waals surface area contributed by atoms with Gasteiger partial charge < -0.3 is 5.73 Å². The van der Waals surface area contributed by atoms with Crippen LogP contribution in [0.25, 0.3) is 0 Å². The van der Waals surface area contributed by atoms with Crippen LogP contribution in [0.4, 0.5) is 5.69 Å². The zero-order valence-corrected chi connectivity index (χ0v) is 14.8. The lowest BCUT2D eigenvalue weighted by atomic mass is 10.1. The van der Waals surface area contributed by atoms with Gasteiger partial charge in [0.1, 0.15) is 0 Å². The summed E-state index contributed by atoms with van der Waals surface area (Å²) in [5.41, 5.74) is 8.65. The van der Waals surface area contributed by atoms with E-state index in [0.29, 0.717) is 12.2 Å². The summed E-state index contributed by atoms with van der Waals surface area (Å²) >= 11 is 2.17. The lowest BCUT2D eigenvalue weighted by Gasteiger charge is -2.14. The highest BCUT2D eigenvalue weighted by atomic mass is 127. The van der Waals surface area contributed by atoms with Gasteiger partial charge in [-0.1, -0.05) is 6.07 Å². The predicted octanol–water partition coefficient (Wildman–Crippen LogP) is 3.17. The highest BCUT2D eigenvalue weighted by molar-refractivity contribution is 14.1. The van der Waals surface area contributed by atoms with Crippen LogP contribution in [0.5, 0.6) is 0 Å². The second kappa shape index (κ2) is 6.33. The van der Waals surface area contributed by atoms with Gasteiger partial charge in [-0.15, -0.1) is 0 Å². The minimum Gasteiger partial charge on any atom is -0.326 e. The van der Waals surface area contributed by atoms with Crippen molar-refractivity contribution >= 4 is 38.3 Å². The zero-order valence-electron chi connectivity index (χ0n) is 11.9. The van der Waals surface area contributed by atoms with Crippen molar-refractivity contribution in [3.63, 3.8) is 0 Å². The van der Waals surface area contributed by atoms with E-state index in [2.05, 4.69) is 27.3 Å². The van der Waals surface area contributed by atoms with Gasteiger partial charge in [0.25, 0.3) is 10.0 Å². The van der Waals surface area contributed by atoms with Crippen molar-refractivity contribution in [1.82, 2.24) is 0 Å². The Hall–Kier alpha value is -1.12. The molecule has 0 aliphatic heterocycles. The van der Waals surface area contributed by atoms with Gasteiger partial charge in [0.2, 0.25) is 0 Å². The Bertz CT molecular complexity index is 756. The summed E-state index contributed by atoms with van der Waals surface area (Å²) in [6, 6.07) is 10.7. The number of benzene rings is 2. The monoisotopic (exact) mass is 416 g/mol. The second-order valence-corrected chi connectivity index (χ2v) is 7.75. The summed E-state index contributed by atoms with van der Waals surface area (Å²) in [5.74, 6) is 0. The molecule has 0 atom stereocenters. The largest absolute Gasteiger partial charge is 0.326 e. The van der Waals surface area contributed by atoms with E-state index in [1.165, 1.54) is 0 Å². The van der Waals surface area contributed by atoms with Crippen molar-refractivity contribution in [2.45, 2.75) is 25.3 Å². The molecule has 21 heavy (non-hydrogen) atoms. The molecule has 0 unspecified atom stereocenters. The Morgan fingerprint density at radius 1 is 1.14 bits per heavy atom. The highest BCUT2D eigenvalue weighted by Crippen LogP contribution is 2.24. The highest BCUT2D eigenvalue weighted by Gasteiger charge is 2.19. The van der Waals surface area contributed by atoms with Gasteiger partial charge in [-0.25, -0.2) is 8.42 Å². The Labute approximate surface area is 138 Å². The number of sulfonamides is 1. The van der Waals surface area contributed by atoms with Crippen LogP contribution in [0.2, 0.25) is 0 Å². The van der Waals surface area contributed by atoms with Gasteiger partial charge in [0.15, 0.2) is 0 Å². The molecule has 4 nitrogen and oxygen atoms in total. The van der Waals surface area contributed by atoms with Crippen molar-refractivity contribution in [1.29, 1.82) is 0 Å². The van der Waals surface area contributed by atoms with Gasteiger partial charge in [-0.3, -0.25) is 4.72 Å². The van der Waals surface area contributed by atoms with Gasteiger partial charge in [-0.2, -0.15) is 0 Å². The van der Waals surface area contributed by atoms with Crippen molar-refractivity contribution in [2.75, 3.05) is 4.72 Å². The molecule has 6 heteroatoms. The molecule has 0 fully saturated rings. The normalized spacial score (nSPS) is 11.4. The minimum absolute atomic E-state index is 0.279. The molecule has 0 heterocycles. The molecule has 0 saturated carbocycles. The van der Waals surface area contributed by atoms with Crippen LogP contribution in [0.1, 0.15) is 16.7 Å². The summed E-state index contributed by atoms with van der Waals surface area (Å²) < 4.78 is 28.8. The van der Waals surface area contributed by atoms with Gasteiger partial charge in [0.05, 0.1) is 4.90 Å². The fourth-order valence-electron chi connectivity index (χ4n) is 2.02. The maximum absolute atomic E-state index is 12.6. The van der Waals surface area contributed by atoms with Crippen molar-refractivity contribution in [3.8, 4) is 0 Å². The summed E-state index contributed by atoms with van der Waals surface area (Å²) in [6.45, 7) is 4.00. The number of nitrogens with one attached hydrogen (secondary N) is 1. The van der Waals surface area contributed by atoms with Crippen molar-refractivity contribution in [2.24, 2.45) is 5.73 Å². The SMILES string of the molecule is Cc1cc(CN)cc(S(=O)(=O)Nc2ccc(I)cc2)c1C. The molecule has 0 saturated heterocycles. The molecule has 0 bridgehead atoms. The Morgan fingerprint density at radius 3 is 2.33 bits per heavy atom. The van der Waals surface area contributed by atoms with Crippen LogP contribution in [0, 0.1) is 17.4 Å². The maximum atomic E-state index is 12.6. The molecular weight excluding hydrogens is 399 g/mol. The van der Waals surface area contributed by atoms with E-state index >= 15 is 0 Å². The molecular formula is C15H17IN2O2S. The zero-order chi connectivity index (χ0) is 15.6. The molecule has 3 N–H and O–H groups in total. The van der Waals surface area contributed by atoms with Crippen LogP contribution in [-0.4, -0.2) is 8.42 Å². The molecule has 0 radical (unpaired) electrons. The molecule has 112 valence electrons. The number of halogens is 1.